The second kappa shape index (κ2) is 8.94. The number of aryl methyl sites for hydroxylation is 1. The Morgan fingerprint density at radius 3 is 2.03 bits per heavy atom. The van der Waals surface area contributed by atoms with Crippen LogP contribution in [0.25, 0.3) is 5.57 Å². The first-order chi connectivity index (χ1) is 16.1. The fourth-order valence-corrected chi connectivity index (χ4v) is 4.50. The van der Waals surface area contributed by atoms with Crippen molar-refractivity contribution >= 4 is 34.4 Å². The monoisotopic (exact) mass is 437 g/mol. The van der Waals surface area contributed by atoms with Gasteiger partial charge in [0.25, 0.3) is 11.8 Å². The lowest BCUT2D eigenvalue weighted by Gasteiger charge is -2.28. The van der Waals surface area contributed by atoms with Gasteiger partial charge in [0.1, 0.15) is 5.70 Å². The van der Waals surface area contributed by atoms with Gasteiger partial charge in [-0.25, -0.2) is 4.90 Å². The number of para-hydroxylation sites is 1. The van der Waals surface area contributed by atoms with Crippen molar-refractivity contribution < 1.29 is 9.59 Å². The molecule has 0 radical (unpaired) electrons. The van der Waals surface area contributed by atoms with Gasteiger partial charge in [-0.15, -0.1) is 0 Å². The molecule has 0 aromatic heterocycles. The largest absolute Gasteiger partial charge is 0.372 e. The second-order valence-corrected chi connectivity index (χ2v) is 8.62. The maximum atomic E-state index is 13.5. The molecular weight excluding hydrogens is 410 g/mol. The molecule has 2 aliphatic heterocycles. The minimum absolute atomic E-state index is 0.304. The molecular formula is C28H27N3O2. The lowest BCUT2D eigenvalue weighted by Crippen LogP contribution is -2.32. The molecule has 5 heteroatoms. The number of hydrogen-bond donors (Lipinski definition) is 1. The number of imide groups is 1. The van der Waals surface area contributed by atoms with Crippen LogP contribution < -0.4 is 15.1 Å². The first-order valence-corrected chi connectivity index (χ1v) is 11.5. The van der Waals surface area contributed by atoms with Crippen LogP contribution in [0.2, 0.25) is 0 Å². The first kappa shape index (κ1) is 21.0. The van der Waals surface area contributed by atoms with Gasteiger partial charge in [0.05, 0.1) is 11.3 Å². The summed E-state index contributed by atoms with van der Waals surface area (Å²) in [5.41, 5.74) is 5.06. The van der Waals surface area contributed by atoms with Crippen molar-refractivity contribution in [1.82, 2.24) is 0 Å². The highest BCUT2D eigenvalue weighted by molar-refractivity contribution is 6.46. The summed E-state index contributed by atoms with van der Waals surface area (Å²) >= 11 is 0. The van der Waals surface area contributed by atoms with Crippen LogP contribution in [0.3, 0.4) is 0 Å². The van der Waals surface area contributed by atoms with Gasteiger partial charge in [0.2, 0.25) is 0 Å². The van der Waals surface area contributed by atoms with Crippen LogP contribution >= 0.6 is 0 Å². The predicted molar refractivity (Wildman–Crippen MR) is 133 cm³/mol. The van der Waals surface area contributed by atoms with Gasteiger partial charge < -0.3 is 10.2 Å². The average Bonchev–Trinajstić information content (AvgIpc) is 3.10. The van der Waals surface area contributed by atoms with Crippen LogP contribution in [-0.4, -0.2) is 24.9 Å². The third-order valence-corrected chi connectivity index (χ3v) is 6.30. The van der Waals surface area contributed by atoms with E-state index in [0.29, 0.717) is 17.0 Å². The summed E-state index contributed by atoms with van der Waals surface area (Å²) in [6, 6.07) is 24.9. The highest BCUT2D eigenvalue weighted by atomic mass is 16.2. The fourth-order valence-electron chi connectivity index (χ4n) is 4.50. The third kappa shape index (κ3) is 4.14. The van der Waals surface area contributed by atoms with E-state index in [9.17, 15) is 9.59 Å². The molecule has 3 aromatic rings. The van der Waals surface area contributed by atoms with Gasteiger partial charge in [0.15, 0.2) is 0 Å². The normalized spacial score (nSPS) is 16.5. The van der Waals surface area contributed by atoms with Gasteiger partial charge in [-0.1, -0.05) is 48.0 Å². The zero-order valence-electron chi connectivity index (χ0n) is 18.8. The Balaban J connectivity index is 1.49. The van der Waals surface area contributed by atoms with E-state index in [0.717, 1.165) is 29.9 Å². The summed E-state index contributed by atoms with van der Waals surface area (Å²) in [5, 5.41) is 3.26. The number of hydrogen-bond acceptors (Lipinski definition) is 4. The zero-order chi connectivity index (χ0) is 22.8. The maximum absolute atomic E-state index is 13.5. The molecule has 2 aliphatic rings. The SMILES string of the molecule is Cc1ccc(C2=C(Nc3ccc(N4CCCCC4)cc3)C(=O)N(c3ccccc3)C2=O)cc1. The molecule has 2 heterocycles. The Hall–Kier alpha value is -3.86. The van der Waals surface area contributed by atoms with E-state index >= 15 is 0 Å². The summed E-state index contributed by atoms with van der Waals surface area (Å²) in [5.74, 6) is -0.663. The van der Waals surface area contributed by atoms with Crippen molar-refractivity contribution in [3.05, 3.63) is 95.7 Å². The predicted octanol–water partition coefficient (Wildman–Crippen LogP) is 5.38. The van der Waals surface area contributed by atoms with Crippen LogP contribution in [0.4, 0.5) is 17.1 Å². The van der Waals surface area contributed by atoms with Gasteiger partial charge in [-0.3, -0.25) is 9.59 Å². The Bertz CT molecular complexity index is 1190. The highest BCUT2D eigenvalue weighted by Crippen LogP contribution is 2.34. The molecule has 0 atom stereocenters. The van der Waals surface area contributed by atoms with Crippen molar-refractivity contribution in [3.8, 4) is 0 Å². The number of nitrogens with zero attached hydrogens (tertiary/aromatic N) is 2. The quantitative estimate of drug-likeness (QED) is 0.545. The standard InChI is InChI=1S/C28H27N3O2/c1-20-10-12-21(13-11-20)25-26(28(33)31(27(25)32)24-8-4-2-5-9-24)29-22-14-16-23(17-15-22)30-18-6-3-7-19-30/h2,4-5,8-17,29H,3,6-7,18-19H2,1H3. The van der Waals surface area contributed by atoms with E-state index in [2.05, 4.69) is 22.3 Å². The minimum atomic E-state index is -0.345. The fraction of sp³-hybridized carbons (Fsp3) is 0.214. The Labute approximate surface area is 194 Å². The molecule has 5 nitrogen and oxygen atoms in total. The summed E-state index contributed by atoms with van der Waals surface area (Å²) < 4.78 is 0. The van der Waals surface area contributed by atoms with Crippen LogP contribution in [0, 0.1) is 6.92 Å². The third-order valence-electron chi connectivity index (χ3n) is 6.30. The molecule has 33 heavy (non-hydrogen) atoms. The smallest absolute Gasteiger partial charge is 0.282 e. The summed E-state index contributed by atoms with van der Waals surface area (Å²) in [6.07, 6.45) is 3.73. The van der Waals surface area contributed by atoms with Gasteiger partial charge in [-0.05, 0) is 68.1 Å². The highest BCUT2D eigenvalue weighted by Gasteiger charge is 2.40. The van der Waals surface area contributed by atoms with Gasteiger partial charge in [0, 0.05) is 24.5 Å². The number of nitrogens with one attached hydrogen (secondary N) is 1. The number of carbonyl (C=O) groups excluding carboxylic acids is 2. The lowest BCUT2D eigenvalue weighted by molar-refractivity contribution is -0.120. The van der Waals surface area contributed by atoms with Crippen LogP contribution in [0.5, 0.6) is 0 Å². The second-order valence-electron chi connectivity index (χ2n) is 8.62. The number of rotatable bonds is 5. The molecule has 1 saturated heterocycles. The van der Waals surface area contributed by atoms with Crippen LogP contribution in [0.1, 0.15) is 30.4 Å². The molecule has 2 amide bonds. The van der Waals surface area contributed by atoms with Crippen molar-refractivity contribution in [1.29, 1.82) is 0 Å². The molecule has 1 fully saturated rings. The van der Waals surface area contributed by atoms with Crippen molar-refractivity contribution in [2.75, 3.05) is 28.2 Å². The van der Waals surface area contributed by atoms with E-state index in [1.54, 1.807) is 12.1 Å². The molecule has 0 saturated carbocycles. The summed E-state index contributed by atoms with van der Waals surface area (Å²) in [4.78, 5) is 30.6. The molecule has 0 unspecified atom stereocenters. The maximum Gasteiger partial charge on any atom is 0.282 e. The van der Waals surface area contributed by atoms with E-state index in [-0.39, 0.29) is 11.8 Å². The number of amides is 2. The molecule has 0 spiro atoms. The van der Waals surface area contributed by atoms with Crippen LogP contribution in [-0.2, 0) is 9.59 Å². The van der Waals surface area contributed by atoms with E-state index < -0.39 is 0 Å². The van der Waals surface area contributed by atoms with Crippen molar-refractivity contribution in [2.24, 2.45) is 0 Å². The van der Waals surface area contributed by atoms with Crippen molar-refractivity contribution in [2.45, 2.75) is 26.2 Å². The molecule has 3 aromatic carbocycles. The topological polar surface area (TPSA) is 52.7 Å². The molecule has 0 bridgehead atoms. The van der Waals surface area contributed by atoms with Crippen LogP contribution in [0.15, 0.2) is 84.6 Å². The van der Waals surface area contributed by atoms with Crippen molar-refractivity contribution in [3.63, 3.8) is 0 Å². The van der Waals surface area contributed by atoms with Gasteiger partial charge >= 0.3 is 0 Å². The number of carbonyl (C=O) groups is 2. The lowest BCUT2D eigenvalue weighted by atomic mass is 10.0. The van der Waals surface area contributed by atoms with E-state index in [4.69, 9.17) is 0 Å². The Morgan fingerprint density at radius 1 is 0.697 bits per heavy atom. The Morgan fingerprint density at radius 2 is 1.36 bits per heavy atom. The van der Waals surface area contributed by atoms with E-state index in [1.807, 2.05) is 61.5 Å². The molecule has 1 N–H and O–H groups in total. The van der Waals surface area contributed by atoms with Gasteiger partial charge in [-0.2, -0.15) is 0 Å². The molecule has 166 valence electrons. The number of benzene rings is 3. The summed E-state index contributed by atoms with van der Waals surface area (Å²) in [7, 11) is 0. The van der Waals surface area contributed by atoms with E-state index in [1.165, 1.54) is 29.8 Å². The number of anilines is 3. The average molecular weight is 438 g/mol. The zero-order valence-corrected chi connectivity index (χ0v) is 18.8. The Kier molecular flexibility index (Phi) is 5.69. The molecule has 5 rings (SSSR count). The molecule has 0 aliphatic carbocycles. The summed E-state index contributed by atoms with van der Waals surface area (Å²) in [6.45, 7) is 4.15. The minimum Gasteiger partial charge on any atom is -0.372 e. The first-order valence-electron chi connectivity index (χ1n) is 11.5. The number of piperidine rings is 1.